The molecule has 0 aromatic heterocycles. The lowest BCUT2D eigenvalue weighted by Gasteiger charge is -2.28. The predicted molar refractivity (Wildman–Crippen MR) is 71.5 cm³/mol. The number of halogens is 2. The number of methoxy groups -OCH3 is 1. The first-order valence-corrected chi connectivity index (χ1v) is 7.21. The fraction of sp³-hybridized carbons (Fsp3) is 0.417. The maximum atomic E-state index is 13.9. The molecule has 0 unspecified atom stereocenters. The first-order valence-electron chi connectivity index (χ1n) is 5.81. The van der Waals surface area contributed by atoms with E-state index in [1.54, 1.807) is 0 Å². The number of rotatable bonds is 5. The summed E-state index contributed by atoms with van der Waals surface area (Å²) in [5.74, 6) is -2.73. The minimum Gasteiger partial charge on any atom is -0.468 e. The fourth-order valence-corrected chi connectivity index (χ4v) is 2.68. The van der Waals surface area contributed by atoms with Crippen LogP contribution in [-0.2, 0) is 19.7 Å². The molecule has 0 spiro atoms. The van der Waals surface area contributed by atoms with Gasteiger partial charge in [0.15, 0.2) is 6.04 Å². The molecule has 9 heteroatoms. The van der Waals surface area contributed by atoms with Crippen molar-refractivity contribution in [3.63, 3.8) is 0 Å². The second-order valence-corrected chi connectivity index (χ2v) is 6.60. The summed E-state index contributed by atoms with van der Waals surface area (Å²) in [5, 5.41) is 0. The van der Waals surface area contributed by atoms with Gasteiger partial charge >= 0.3 is 5.97 Å². The molecule has 1 rings (SSSR count). The van der Waals surface area contributed by atoms with E-state index < -0.39 is 39.4 Å². The number of hydrogen-bond acceptors (Lipinski definition) is 4. The average molecular weight is 322 g/mol. The van der Waals surface area contributed by atoms with Gasteiger partial charge in [0.25, 0.3) is 10.2 Å². The van der Waals surface area contributed by atoms with E-state index in [1.807, 2.05) is 0 Å². The van der Waals surface area contributed by atoms with Crippen LogP contribution in [-0.4, -0.2) is 51.3 Å². The van der Waals surface area contributed by atoms with Crippen LogP contribution < -0.4 is 0 Å². The highest BCUT2D eigenvalue weighted by Crippen LogP contribution is 2.27. The Kier molecular flexibility index (Phi) is 5.37. The van der Waals surface area contributed by atoms with Gasteiger partial charge in [-0.2, -0.15) is 17.0 Å². The minimum absolute atomic E-state index is 0.422. The highest BCUT2D eigenvalue weighted by atomic mass is 32.2. The summed E-state index contributed by atoms with van der Waals surface area (Å²) in [7, 11) is 0.587. The van der Waals surface area contributed by atoms with Crippen molar-refractivity contribution >= 4 is 16.2 Å². The smallest absolute Gasteiger partial charge is 0.328 e. The highest BCUT2D eigenvalue weighted by molar-refractivity contribution is 7.86. The molecule has 0 N–H and O–H groups in total. The van der Waals surface area contributed by atoms with Gasteiger partial charge in [0.05, 0.1) is 7.11 Å². The Balaban J connectivity index is 3.44. The molecule has 0 aliphatic carbocycles. The van der Waals surface area contributed by atoms with Crippen LogP contribution in [0.15, 0.2) is 18.2 Å². The first kappa shape index (κ1) is 17.5. The van der Waals surface area contributed by atoms with Crippen LogP contribution in [0.3, 0.4) is 0 Å². The number of nitrogens with zero attached hydrogens (tertiary/aromatic N) is 2. The maximum Gasteiger partial charge on any atom is 0.328 e. The summed E-state index contributed by atoms with van der Waals surface area (Å²) in [6.07, 6.45) is 0. The van der Waals surface area contributed by atoms with Gasteiger partial charge in [-0.05, 0) is 18.2 Å². The lowest BCUT2D eigenvalue weighted by atomic mass is 10.1. The molecule has 0 saturated carbocycles. The number of carbonyl (C=O) groups is 1. The van der Waals surface area contributed by atoms with Gasteiger partial charge in [-0.3, -0.25) is 0 Å². The van der Waals surface area contributed by atoms with Gasteiger partial charge in [0.2, 0.25) is 0 Å². The van der Waals surface area contributed by atoms with Crippen molar-refractivity contribution in [3.8, 4) is 0 Å². The number of esters is 1. The highest BCUT2D eigenvalue weighted by Gasteiger charge is 2.37. The van der Waals surface area contributed by atoms with Crippen LogP contribution in [0, 0.1) is 11.6 Å². The van der Waals surface area contributed by atoms with Crippen LogP contribution in [0.4, 0.5) is 8.78 Å². The molecule has 6 nitrogen and oxygen atoms in total. The van der Waals surface area contributed by atoms with Gasteiger partial charge in [-0.15, -0.1) is 0 Å². The number of carbonyl (C=O) groups excluding carboxylic acids is 1. The lowest BCUT2D eigenvalue weighted by molar-refractivity contribution is -0.145. The summed E-state index contributed by atoms with van der Waals surface area (Å²) >= 11 is 0. The summed E-state index contributed by atoms with van der Waals surface area (Å²) < 4.78 is 57.3. The monoisotopic (exact) mass is 322 g/mol. The number of hydrogen-bond donors (Lipinski definition) is 0. The zero-order chi connectivity index (χ0) is 16.4. The zero-order valence-corrected chi connectivity index (χ0v) is 12.8. The predicted octanol–water partition coefficient (Wildman–Crippen LogP) is 0.917. The van der Waals surface area contributed by atoms with Gasteiger partial charge in [0.1, 0.15) is 11.6 Å². The Morgan fingerprint density at radius 3 is 2.29 bits per heavy atom. The molecule has 0 radical (unpaired) electrons. The van der Waals surface area contributed by atoms with E-state index in [9.17, 15) is 22.0 Å². The van der Waals surface area contributed by atoms with E-state index in [1.165, 1.54) is 14.1 Å². The Morgan fingerprint density at radius 1 is 1.24 bits per heavy atom. The van der Waals surface area contributed by atoms with Gasteiger partial charge in [-0.25, -0.2) is 13.6 Å². The molecule has 1 atom stereocenters. The van der Waals surface area contributed by atoms with Crippen molar-refractivity contribution in [2.24, 2.45) is 0 Å². The molecule has 0 aliphatic rings. The summed E-state index contributed by atoms with van der Waals surface area (Å²) in [5.41, 5.74) is -0.422. The molecule has 118 valence electrons. The maximum absolute atomic E-state index is 13.9. The Labute approximate surface area is 122 Å². The summed E-state index contributed by atoms with van der Waals surface area (Å²) in [6.45, 7) is 0. The Hall–Kier alpha value is -1.58. The second kappa shape index (κ2) is 6.46. The van der Waals surface area contributed by atoms with Crippen molar-refractivity contribution in [3.05, 3.63) is 35.4 Å². The molecule has 1 aromatic carbocycles. The molecule has 0 heterocycles. The third kappa shape index (κ3) is 3.55. The Bertz CT molecular complexity index is 634. The van der Waals surface area contributed by atoms with Gasteiger partial charge in [-0.1, -0.05) is 0 Å². The SMILES string of the molecule is COC(=O)[C@@H](c1cc(F)ccc1F)N(C)S(=O)(=O)N(C)C. The molecule has 0 saturated heterocycles. The normalized spacial score (nSPS) is 13.5. The van der Waals surface area contributed by atoms with E-state index in [2.05, 4.69) is 4.74 Å². The van der Waals surface area contributed by atoms with Gasteiger partial charge in [0, 0.05) is 26.7 Å². The van der Waals surface area contributed by atoms with Crippen LogP contribution >= 0.6 is 0 Å². The van der Waals surface area contributed by atoms with E-state index in [0.717, 1.165) is 36.7 Å². The molecular weight excluding hydrogens is 306 g/mol. The molecule has 0 amide bonds. The van der Waals surface area contributed by atoms with Crippen molar-refractivity contribution in [2.75, 3.05) is 28.3 Å². The largest absolute Gasteiger partial charge is 0.468 e. The van der Waals surface area contributed by atoms with Crippen LogP contribution in [0.5, 0.6) is 0 Å². The van der Waals surface area contributed by atoms with Gasteiger partial charge < -0.3 is 4.74 Å². The van der Waals surface area contributed by atoms with Crippen molar-refractivity contribution < 1.29 is 26.7 Å². The standard InChI is InChI=1S/C12H16F2N2O4S/c1-15(2)21(18,19)16(3)11(12(17)20-4)9-7-8(13)5-6-10(9)14/h5-7,11H,1-4H3/t11-/m1/s1. The van der Waals surface area contributed by atoms with E-state index >= 15 is 0 Å². The second-order valence-electron chi connectivity index (χ2n) is 4.40. The van der Waals surface area contributed by atoms with E-state index in [0.29, 0.717) is 4.31 Å². The average Bonchev–Trinajstić information content (AvgIpc) is 2.42. The summed E-state index contributed by atoms with van der Waals surface area (Å²) in [6, 6.07) is 0.821. The lowest BCUT2D eigenvalue weighted by Crippen LogP contribution is -2.43. The minimum atomic E-state index is -4.03. The van der Waals surface area contributed by atoms with Crippen molar-refractivity contribution in [1.29, 1.82) is 0 Å². The topological polar surface area (TPSA) is 66.9 Å². The number of benzene rings is 1. The molecule has 21 heavy (non-hydrogen) atoms. The van der Waals surface area contributed by atoms with Crippen LogP contribution in [0.25, 0.3) is 0 Å². The fourth-order valence-electron chi connectivity index (χ4n) is 1.70. The molecule has 0 aliphatic heterocycles. The van der Waals surface area contributed by atoms with E-state index in [4.69, 9.17) is 0 Å². The number of likely N-dealkylation sites (N-methyl/N-ethyl adjacent to an activating group) is 1. The van der Waals surface area contributed by atoms with E-state index in [-0.39, 0.29) is 0 Å². The molecule has 0 fully saturated rings. The first-order chi connectivity index (χ1) is 9.62. The third-order valence-corrected chi connectivity index (χ3v) is 4.73. The molecule has 0 bridgehead atoms. The number of ether oxygens (including phenoxy) is 1. The quantitative estimate of drug-likeness (QED) is 0.756. The third-order valence-electron chi connectivity index (χ3n) is 2.87. The molecule has 1 aromatic rings. The van der Waals surface area contributed by atoms with Crippen LogP contribution in [0.2, 0.25) is 0 Å². The summed E-state index contributed by atoms with van der Waals surface area (Å²) in [4.78, 5) is 11.9. The Morgan fingerprint density at radius 2 is 1.81 bits per heavy atom. The van der Waals surface area contributed by atoms with Crippen molar-refractivity contribution in [1.82, 2.24) is 8.61 Å². The van der Waals surface area contributed by atoms with Crippen LogP contribution in [0.1, 0.15) is 11.6 Å². The molecular formula is C12H16F2N2O4S. The van der Waals surface area contributed by atoms with Crippen molar-refractivity contribution in [2.45, 2.75) is 6.04 Å². The zero-order valence-electron chi connectivity index (χ0n) is 12.0.